The van der Waals surface area contributed by atoms with Crippen molar-refractivity contribution < 1.29 is 17.9 Å². The summed E-state index contributed by atoms with van der Waals surface area (Å²) in [6.07, 6.45) is -0.0398. The zero-order valence-corrected chi connectivity index (χ0v) is 8.11. The van der Waals surface area contributed by atoms with E-state index in [1.807, 2.05) is 0 Å². The van der Waals surface area contributed by atoms with Crippen molar-refractivity contribution in [1.82, 2.24) is 0 Å². The molecular formula is C9H15F3O. The highest BCUT2D eigenvalue weighted by atomic mass is 19.3. The molecule has 0 N–H and O–H groups in total. The Balaban J connectivity index is 2.90. The third-order valence-corrected chi connectivity index (χ3v) is 2.88. The lowest BCUT2D eigenvalue weighted by Gasteiger charge is -2.31. The van der Waals surface area contributed by atoms with Gasteiger partial charge in [0.15, 0.2) is 0 Å². The van der Waals surface area contributed by atoms with Gasteiger partial charge in [0.2, 0.25) is 5.67 Å². The van der Waals surface area contributed by atoms with Crippen LogP contribution in [0, 0.1) is 5.92 Å². The minimum atomic E-state index is -3.32. The van der Waals surface area contributed by atoms with Crippen molar-refractivity contribution in [3.05, 3.63) is 0 Å². The first kappa shape index (κ1) is 10.8. The fraction of sp³-hybridized carbons (Fsp3) is 1.00. The number of rotatable bonds is 2. The summed E-state index contributed by atoms with van der Waals surface area (Å²) in [6.45, 7) is 3.48. The van der Waals surface area contributed by atoms with E-state index in [-0.39, 0.29) is 0 Å². The van der Waals surface area contributed by atoms with Gasteiger partial charge in [-0.15, -0.1) is 0 Å². The molecule has 1 rings (SSSR count). The molecule has 0 aliphatic carbocycles. The summed E-state index contributed by atoms with van der Waals surface area (Å²) in [4.78, 5) is 0. The van der Waals surface area contributed by atoms with Crippen LogP contribution in [-0.4, -0.2) is 24.3 Å². The highest BCUT2D eigenvalue weighted by Crippen LogP contribution is 2.46. The lowest BCUT2D eigenvalue weighted by molar-refractivity contribution is -0.141. The molecule has 0 bridgehead atoms. The fourth-order valence-electron chi connectivity index (χ4n) is 1.96. The first-order valence-electron chi connectivity index (χ1n) is 4.51. The molecule has 0 saturated carbocycles. The largest absolute Gasteiger partial charge is 0.375 e. The molecule has 1 aliphatic heterocycles. The van der Waals surface area contributed by atoms with Crippen LogP contribution in [0.5, 0.6) is 0 Å². The van der Waals surface area contributed by atoms with E-state index in [0.29, 0.717) is 13.3 Å². The summed E-state index contributed by atoms with van der Waals surface area (Å²) in [6, 6.07) is 0. The van der Waals surface area contributed by atoms with Crippen LogP contribution < -0.4 is 0 Å². The van der Waals surface area contributed by atoms with Gasteiger partial charge in [0.25, 0.3) is 5.92 Å². The predicted octanol–water partition coefficient (Wildman–Crippen LogP) is 2.79. The standard InChI is InChI=1S/C9H15F3O/c1-4-7-6(2)13-5-9(7,12)8(3,10)11/h6-7H,4-5H2,1-3H3. The van der Waals surface area contributed by atoms with Crippen LogP contribution in [0.2, 0.25) is 0 Å². The van der Waals surface area contributed by atoms with Crippen molar-refractivity contribution >= 4 is 0 Å². The van der Waals surface area contributed by atoms with E-state index in [1.165, 1.54) is 0 Å². The SMILES string of the molecule is CCC1C(C)OCC1(F)C(C)(F)F. The molecule has 0 spiro atoms. The van der Waals surface area contributed by atoms with Gasteiger partial charge in [0, 0.05) is 12.8 Å². The highest BCUT2D eigenvalue weighted by molar-refractivity contribution is 5.02. The minimum Gasteiger partial charge on any atom is -0.375 e. The van der Waals surface area contributed by atoms with Gasteiger partial charge < -0.3 is 4.74 Å². The third kappa shape index (κ3) is 1.56. The van der Waals surface area contributed by atoms with Gasteiger partial charge in [-0.3, -0.25) is 0 Å². The molecule has 0 aromatic heterocycles. The molecule has 0 aromatic carbocycles. The van der Waals surface area contributed by atoms with Gasteiger partial charge in [-0.1, -0.05) is 6.92 Å². The minimum absolute atomic E-state index is 0.376. The average molecular weight is 196 g/mol. The molecule has 3 atom stereocenters. The molecule has 13 heavy (non-hydrogen) atoms. The monoisotopic (exact) mass is 196 g/mol. The Morgan fingerprint density at radius 2 is 2.08 bits per heavy atom. The zero-order valence-electron chi connectivity index (χ0n) is 8.11. The van der Waals surface area contributed by atoms with E-state index in [2.05, 4.69) is 0 Å². The summed E-state index contributed by atoms with van der Waals surface area (Å²) < 4.78 is 44.7. The first-order valence-corrected chi connectivity index (χ1v) is 4.51. The maximum absolute atomic E-state index is 13.9. The van der Waals surface area contributed by atoms with Gasteiger partial charge in [0.05, 0.1) is 12.7 Å². The zero-order chi connectivity index (χ0) is 10.3. The van der Waals surface area contributed by atoms with E-state index < -0.39 is 30.2 Å². The average Bonchev–Trinajstić information content (AvgIpc) is 2.27. The molecule has 78 valence electrons. The first-order chi connectivity index (χ1) is 5.83. The van der Waals surface area contributed by atoms with Gasteiger partial charge in [-0.2, -0.15) is 0 Å². The Bertz CT molecular complexity index is 190. The fourth-order valence-corrected chi connectivity index (χ4v) is 1.96. The summed E-state index contributed by atoms with van der Waals surface area (Å²) in [5.41, 5.74) is -2.48. The third-order valence-electron chi connectivity index (χ3n) is 2.88. The molecule has 0 aromatic rings. The normalized spacial score (nSPS) is 41.1. The second-order valence-corrected chi connectivity index (χ2v) is 3.78. The van der Waals surface area contributed by atoms with Crippen molar-refractivity contribution in [3.63, 3.8) is 0 Å². The predicted molar refractivity (Wildman–Crippen MR) is 43.7 cm³/mol. The van der Waals surface area contributed by atoms with E-state index in [9.17, 15) is 13.2 Å². The molecule has 1 nitrogen and oxygen atoms in total. The Morgan fingerprint density at radius 1 is 1.54 bits per heavy atom. The Hall–Kier alpha value is -0.250. The molecule has 1 aliphatic rings. The molecule has 0 amide bonds. The Morgan fingerprint density at radius 3 is 2.38 bits per heavy atom. The van der Waals surface area contributed by atoms with Gasteiger partial charge in [-0.05, 0) is 13.3 Å². The van der Waals surface area contributed by atoms with Gasteiger partial charge in [-0.25, -0.2) is 13.2 Å². The van der Waals surface area contributed by atoms with Crippen molar-refractivity contribution in [2.75, 3.05) is 6.61 Å². The van der Waals surface area contributed by atoms with Gasteiger partial charge >= 0.3 is 0 Å². The molecule has 1 fully saturated rings. The smallest absolute Gasteiger partial charge is 0.281 e. The number of alkyl halides is 3. The van der Waals surface area contributed by atoms with Gasteiger partial charge in [0.1, 0.15) is 0 Å². The lowest BCUT2D eigenvalue weighted by atomic mass is 9.82. The second kappa shape index (κ2) is 3.15. The van der Waals surface area contributed by atoms with E-state index in [4.69, 9.17) is 4.74 Å². The number of ether oxygens (including phenoxy) is 1. The quantitative estimate of drug-likeness (QED) is 0.659. The van der Waals surface area contributed by atoms with Crippen molar-refractivity contribution in [2.24, 2.45) is 5.92 Å². The Kier molecular flexibility index (Phi) is 2.63. The number of hydrogen-bond donors (Lipinski definition) is 0. The number of halogens is 3. The molecular weight excluding hydrogens is 181 g/mol. The van der Waals surface area contributed by atoms with E-state index in [1.54, 1.807) is 13.8 Å². The van der Waals surface area contributed by atoms with Crippen LogP contribution in [0.25, 0.3) is 0 Å². The maximum atomic E-state index is 13.9. The molecule has 4 heteroatoms. The van der Waals surface area contributed by atoms with Crippen molar-refractivity contribution in [3.8, 4) is 0 Å². The molecule has 1 saturated heterocycles. The summed E-state index contributed by atoms with van der Waals surface area (Å²) in [5, 5.41) is 0. The lowest BCUT2D eigenvalue weighted by Crippen LogP contribution is -2.48. The van der Waals surface area contributed by atoms with Crippen molar-refractivity contribution in [2.45, 2.75) is 44.9 Å². The van der Waals surface area contributed by atoms with Crippen molar-refractivity contribution in [1.29, 1.82) is 0 Å². The molecule has 1 heterocycles. The summed E-state index contributed by atoms with van der Waals surface area (Å²) >= 11 is 0. The van der Waals surface area contributed by atoms with Crippen LogP contribution in [-0.2, 0) is 4.74 Å². The van der Waals surface area contributed by atoms with Crippen LogP contribution in [0.1, 0.15) is 27.2 Å². The topological polar surface area (TPSA) is 9.23 Å². The summed E-state index contributed by atoms with van der Waals surface area (Å²) in [5.74, 6) is -4.02. The van der Waals surface area contributed by atoms with Crippen LogP contribution in [0.4, 0.5) is 13.2 Å². The van der Waals surface area contributed by atoms with Crippen LogP contribution >= 0.6 is 0 Å². The maximum Gasteiger partial charge on any atom is 0.281 e. The second-order valence-electron chi connectivity index (χ2n) is 3.78. The number of hydrogen-bond acceptors (Lipinski definition) is 1. The van der Waals surface area contributed by atoms with Crippen LogP contribution in [0.15, 0.2) is 0 Å². The molecule has 0 radical (unpaired) electrons. The highest BCUT2D eigenvalue weighted by Gasteiger charge is 2.61. The summed E-state index contributed by atoms with van der Waals surface area (Å²) in [7, 11) is 0. The van der Waals surface area contributed by atoms with E-state index in [0.717, 1.165) is 0 Å². The Labute approximate surface area is 76.3 Å². The van der Waals surface area contributed by atoms with Crippen LogP contribution in [0.3, 0.4) is 0 Å². The van der Waals surface area contributed by atoms with E-state index >= 15 is 0 Å². The molecule has 3 unspecified atom stereocenters.